The molecule has 2 amide bonds. The molecular formula is C15H24N2O4S. The summed E-state index contributed by atoms with van der Waals surface area (Å²) < 4.78 is 23.2. The van der Waals surface area contributed by atoms with E-state index < -0.39 is 15.4 Å². The lowest BCUT2D eigenvalue weighted by Gasteiger charge is -2.34. The maximum Gasteiger partial charge on any atom is 0.225 e. The van der Waals surface area contributed by atoms with Gasteiger partial charge in [0.05, 0.1) is 23.0 Å². The van der Waals surface area contributed by atoms with E-state index in [0.29, 0.717) is 13.0 Å². The fraction of sp³-hybridized carbons (Fsp3) is 0.867. The van der Waals surface area contributed by atoms with Crippen LogP contribution >= 0.6 is 0 Å². The summed E-state index contributed by atoms with van der Waals surface area (Å²) in [5.41, 5.74) is -0.654. The molecule has 22 heavy (non-hydrogen) atoms. The van der Waals surface area contributed by atoms with Crippen molar-refractivity contribution < 1.29 is 18.0 Å². The van der Waals surface area contributed by atoms with Crippen LogP contribution in [0.5, 0.6) is 0 Å². The van der Waals surface area contributed by atoms with Gasteiger partial charge in [0.25, 0.3) is 0 Å². The molecule has 0 aromatic carbocycles. The van der Waals surface area contributed by atoms with Gasteiger partial charge in [-0.25, -0.2) is 8.42 Å². The van der Waals surface area contributed by atoms with E-state index in [1.165, 1.54) is 0 Å². The van der Waals surface area contributed by atoms with E-state index >= 15 is 0 Å². The van der Waals surface area contributed by atoms with Crippen LogP contribution in [0.25, 0.3) is 0 Å². The Morgan fingerprint density at radius 2 is 1.91 bits per heavy atom. The van der Waals surface area contributed by atoms with Crippen molar-refractivity contribution in [1.82, 2.24) is 10.2 Å². The third-order valence-corrected chi connectivity index (χ3v) is 6.86. The Bertz CT molecular complexity index is 584. The minimum atomic E-state index is -3.04. The normalized spacial score (nSPS) is 34.4. The number of carbonyl (C=O) groups is 2. The number of piperidine rings is 1. The van der Waals surface area contributed by atoms with E-state index in [-0.39, 0.29) is 35.2 Å². The van der Waals surface area contributed by atoms with Gasteiger partial charge in [-0.1, -0.05) is 0 Å². The van der Waals surface area contributed by atoms with Gasteiger partial charge >= 0.3 is 0 Å². The first-order chi connectivity index (χ1) is 10.3. The number of rotatable bonds is 3. The van der Waals surface area contributed by atoms with Crippen LogP contribution in [0.2, 0.25) is 0 Å². The number of sulfone groups is 1. The standard InChI is InChI=1S/C15H24N2O4S/c1-15(6-8-22(20,21)10-15)16-13(18)12-3-2-7-17(9-12)14(19)11-4-5-11/h11-12H,2-10H2,1H3,(H,16,18)/t12-,15+/m0/s1. The minimum absolute atomic E-state index is 0.0170. The molecule has 2 aliphatic heterocycles. The van der Waals surface area contributed by atoms with E-state index in [2.05, 4.69) is 5.32 Å². The van der Waals surface area contributed by atoms with Gasteiger partial charge in [-0.2, -0.15) is 0 Å². The smallest absolute Gasteiger partial charge is 0.225 e. The molecule has 1 N–H and O–H groups in total. The molecule has 6 nitrogen and oxygen atoms in total. The molecule has 2 saturated heterocycles. The zero-order valence-corrected chi connectivity index (χ0v) is 13.8. The molecule has 3 aliphatic rings. The van der Waals surface area contributed by atoms with Gasteiger partial charge in [0.2, 0.25) is 11.8 Å². The van der Waals surface area contributed by atoms with Crippen LogP contribution in [0.15, 0.2) is 0 Å². The van der Waals surface area contributed by atoms with Crippen LogP contribution in [-0.2, 0) is 19.4 Å². The maximum absolute atomic E-state index is 12.5. The van der Waals surface area contributed by atoms with Crippen LogP contribution in [-0.4, -0.2) is 55.3 Å². The fourth-order valence-electron chi connectivity index (χ4n) is 3.49. The molecule has 0 aromatic heterocycles. The summed E-state index contributed by atoms with van der Waals surface area (Å²) in [5.74, 6) is 0.208. The second kappa shape index (κ2) is 5.51. The zero-order valence-electron chi connectivity index (χ0n) is 13.0. The topological polar surface area (TPSA) is 83.6 Å². The van der Waals surface area contributed by atoms with Gasteiger partial charge in [-0.3, -0.25) is 9.59 Å². The third-order valence-electron chi connectivity index (χ3n) is 4.96. The Morgan fingerprint density at radius 1 is 1.18 bits per heavy atom. The highest BCUT2D eigenvalue weighted by atomic mass is 32.2. The lowest BCUT2D eigenvalue weighted by atomic mass is 9.94. The van der Waals surface area contributed by atoms with Gasteiger partial charge in [-0.15, -0.1) is 0 Å². The largest absolute Gasteiger partial charge is 0.350 e. The van der Waals surface area contributed by atoms with E-state index in [9.17, 15) is 18.0 Å². The maximum atomic E-state index is 12.5. The summed E-state index contributed by atoms with van der Waals surface area (Å²) in [6, 6.07) is 0. The SMILES string of the molecule is C[C@@]1(NC(=O)[C@H]2CCCN(C(=O)C3CC3)C2)CCS(=O)(=O)C1. The molecule has 2 atom stereocenters. The monoisotopic (exact) mass is 328 g/mol. The fourth-order valence-corrected chi connectivity index (χ4v) is 5.58. The highest BCUT2D eigenvalue weighted by molar-refractivity contribution is 7.91. The molecule has 2 heterocycles. The molecule has 0 bridgehead atoms. The Kier molecular flexibility index (Phi) is 3.95. The number of nitrogens with zero attached hydrogens (tertiary/aromatic N) is 1. The summed E-state index contributed by atoms with van der Waals surface area (Å²) in [7, 11) is -3.04. The highest BCUT2D eigenvalue weighted by Gasteiger charge is 2.42. The van der Waals surface area contributed by atoms with Gasteiger partial charge < -0.3 is 10.2 Å². The second-order valence-corrected chi connectivity index (χ2v) is 9.47. The van der Waals surface area contributed by atoms with Gasteiger partial charge in [0.15, 0.2) is 9.84 Å². The van der Waals surface area contributed by atoms with Gasteiger partial charge in [0, 0.05) is 19.0 Å². The summed E-state index contributed by atoms with van der Waals surface area (Å²) >= 11 is 0. The van der Waals surface area contributed by atoms with Crippen LogP contribution in [0.3, 0.4) is 0 Å². The minimum Gasteiger partial charge on any atom is -0.350 e. The van der Waals surface area contributed by atoms with Crippen molar-refractivity contribution in [1.29, 1.82) is 0 Å². The summed E-state index contributed by atoms with van der Waals surface area (Å²) in [6.07, 6.45) is 4.03. The molecule has 1 aliphatic carbocycles. The number of hydrogen-bond acceptors (Lipinski definition) is 4. The quantitative estimate of drug-likeness (QED) is 0.809. The van der Waals surface area contributed by atoms with Crippen molar-refractivity contribution in [3.63, 3.8) is 0 Å². The summed E-state index contributed by atoms with van der Waals surface area (Å²) in [5, 5.41) is 2.93. The average molecular weight is 328 g/mol. The first-order valence-corrected chi connectivity index (χ1v) is 9.91. The van der Waals surface area contributed by atoms with Crippen molar-refractivity contribution in [3.05, 3.63) is 0 Å². The Labute approximate surface area is 131 Å². The van der Waals surface area contributed by atoms with Crippen molar-refractivity contribution in [2.75, 3.05) is 24.6 Å². The predicted molar refractivity (Wildman–Crippen MR) is 81.8 cm³/mol. The average Bonchev–Trinajstić information content (AvgIpc) is 3.25. The number of likely N-dealkylation sites (tertiary alicyclic amines) is 1. The molecule has 1 saturated carbocycles. The van der Waals surface area contributed by atoms with Gasteiger partial charge in [-0.05, 0) is 39.0 Å². The van der Waals surface area contributed by atoms with E-state index in [1.54, 1.807) is 6.92 Å². The lowest BCUT2D eigenvalue weighted by molar-refractivity contribution is -0.137. The first kappa shape index (κ1) is 15.8. The van der Waals surface area contributed by atoms with Crippen molar-refractivity contribution in [2.24, 2.45) is 11.8 Å². The predicted octanol–water partition coefficient (Wildman–Crippen LogP) is 0.328. The molecule has 0 unspecified atom stereocenters. The Morgan fingerprint density at radius 3 is 2.50 bits per heavy atom. The van der Waals surface area contributed by atoms with E-state index in [0.717, 1.165) is 32.2 Å². The number of hydrogen-bond donors (Lipinski definition) is 1. The van der Waals surface area contributed by atoms with Crippen molar-refractivity contribution >= 4 is 21.7 Å². The van der Waals surface area contributed by atoms with Crippen molar-refractivity contribution in [3.8, 4) is 0 Å². The summed E-state index contributed by atoms with van der Waals surface area (Å²) in [6.45, 7) is 3.01. The second-order valence-electron chi connectivity index (χ2n) is 7.29. The molecule has 7 heteroatoms. The first-order valence-electron chi connectivity index (χ1n) is 8.09. The molecular weight excluding hydrogens is 304 g/mol. The van der Waals surface area contributed by atoms with Crippen LogP contribution in [0.1, 0.15) is 39.0 Å². The number of carbonyl (C=O) groups excluding carboxylic acids is 2. The lowest BCUT2D eigenvalue weighted by Crippen LogP contribution is -2.52. The molecule has 3 rings (SSSR count). The van der Waals surface area contributed by atoms with Gasteiger partial charge in [0.1, 0.15) is 0 Å². The van der Waals surface area contributed by atoms with Crippen molar-refractivity contribution in [2.45, 2.75) is 44.6 Å². The highest BCUT2D eigenvalue weighted by Crippen LogP contribution is 2.32. The van der Waals surface area contributed by atoms with E-state index in [1.807, 2.05) is 4.90 Å². The number of nitrogens with one attached hydrogen (secondary N) is 1. The molecule has 0 radical (unpaired) electrons. The third kappa shape index (κ3) is 3.45. The van der Waals surface area contributed by atoms with Crippen LogP contribution in [0.4, 0.5) is 0 Å². The molecule has 3 fully saturated rings. The van der Waals surface area contributed by atoms with Crippen LogP contribution in [0, 0.1) is 11.8 Å². The molecule has 0 aromatic rings. The number of amides is 2. The summed E-state index contributed by atoms with van der Waals surface area (Å²) in [4.78, 5) is 26.4. The molecule has 124 valence electrons. The van der Waals surface area contributed by atoms with E-state index in [4.69, 9.17) is 0 Å². The zero-order chi connectivity index (χ0) is 16.0. The molecule has 0 spiro atoms. The Hall–Kier alpha value is -1.11. The van der Waals surface area contributed by atoms with Crippen LogP contribution < -0.4 is 5.32 Å². The Balaban J connectivity index is 1.59.